The first-order chi connectivity index (χ1) is 10.8. The summed E-state index contributed by atoms with van der Waals surface area (Å²) in [6.45, 7) is 0.648. The van der Waals surface area contributed by atoms with Crippen LogP contribution in [-0.2, 0) is 26.7 Å². The molecule has 5 nitrogen and oxygen atoms in total. The van der Waals surface area contributed by atoms with Crippen LogP contribution < -0.4 is 5.32 Å². The van der Waals surface area contributed by atoms with Gasteiger partial charge in [-0.1, -0.05) is 24.3 Å². The van der Waals surface area contributed by atoms with Gasteiger partial charge in [-0.25, -0.2) is 12.7 Å². The molecule has 1 amide bonds. The molecule has 1 spiro atoms. The fourth-order valence-electron chi connectivity index (χ4n) is 3.73. The molecule has 1 saturated carbocycles. The number of carbonyl (C=O) groups excluding carboxylic acids is 1. The van der Waals surface area contributed by atoms with Gasteiger partial charge in [-0.05, 0) is 36.3 Å². The summed E-state index contributed by atoms with van der Waals surface area (Å²) in [7, 11) is -0.336. The maximum Gasteiger partial charge on any atom is 0.221 e. The number of nitrogens with one attached hydrogen (secondary N) is 1. The number of amides is 1. The zero-order valence-corrected chi connectivity index (χ0v) is 14.5. The summed E-state index contributed by atoms with van der Waals surface area (Å²) < 4.78 is 24.5. The van der Waals surface area contributed by atoms with Crippen LogP contribution >= 0.6 is 0 Å². The number of rotatable bonds is 6. The molecular formula is C17H24N2O3S. The molecule has 0 bridgehead atoms. The fraction of sp³-hybridized carbons (Fsp3) is 0.588. The second-order valence-corrected chi connectivity index (χ2v) is 9.17. The maximum absolute atomic E-state index is 11.9. The van der Waals surface area contributed by atoms with Crippen molar-refractivity contribution in [3.05, 3.63) is 35.4 Å². The van der Waals surface area contributed by atoms with Gasteiger partial charge in [0.1, 0.15) is 0 Å². The van der Waals surface area contributed by atoms with Crippen LogP contribution in [0.1, 0.15) is 30.4 Å². The van der Waals surface area contributed by atoms with E-state index in [1.54, 1.807) is 0 Å². The molecule has 23 heavy (non-hydrogen) atoms. The van der Waals surface area contributed by atoms with E-state index in [1.165, 1.54) is 31.6 Å². The number of hydrogen-bond donors (Lipinski definition) is 1. The molecule has 2 aliphatic rings. The van der Waals surface area contributed by atoms with Crippen molar-refractivity contribution in [2.24, 2.45) is 5.92 Å². The average Bonchev–Trinajstić information content (AvgIpc) is 3.10. The number of hydrogen-bond acceptors (Lipinski definition) is 3. The van der Waals surface area contributed by atoms with Gasteiger partial charge in [0.05, 0.1) is 5.75 Å². The van der Waals surface area contributed by atoms with E-state index in [1.807, 2.05) is 0 Å². The van der Waals surface area contributed by atoms with Crippen molar-refractivity contribution in [3.63, 3.8) is 0 Å². The minimum absolute atomic E-state index is 0.0246. The lowest BCUT2D eigenvalue weighted by Gasteiger charge is -2.13. The van der Waals surface area contributed by atoms with E-state index in [0.717, 1.165) is 17.1 Å². The minimum Gasteiger partial charge on any atom is -0.356 e. The molecule has 126 valence electrons. The molecule has 1 N–H and O–H groups in total. The topological polar surface area (TPSA) is 66.5 Å². The average molecular weight is 336 g/mol. The maximum atomic E-state index is 11.9. The fourth-order valence-corrected chi connectivity index (χ4v) is 4.54. The summed E-state index contributed by atoms with van der Waals surface area (Å²) >= 11 is 0. The van der Waals surface area contributed by atoms with Crippen molar-refractivity contribution in [1.82, 2.24) is 9.62 Å². The molecule has 0 aromatic heterocycles. The van der Waals surface area contributed by atoms with Crippen molar-refractivity contribution in [2.45, 2.75) is 31.1 Å². The smallest absolute Gasteiger partial charge is 0.221 e. The molecule has 0 radical (unpaired) electrons. The van der Waals surface area contributed by atoms with Gasteiger partial charge in [0, 0.05) is 32.5 Å². The van der Waals surface area contributed by atoms with Gasteiger partial charge >= 0.3 is 0 Å². The molecule has 1 aromatic carbocycles. The quantitative estimate of drug-likeness (QED) is 0.851. The van der Waals surface area contributed by atoms with Crippen molar-refractivity contribution >= 4 is 15.9 Å². The molecule has 0 saturated heterocycles. The number of fused-ring (bicyclic) bond motifs is 2. The third kappa shape index (κ3) is 3.15. The molecule has 0 aliphatic heterocycles. The third-order valence-corrected chi connectivity index (χ3v) is 7.15. The Morgan fingerprint density at radius 3 is 2.83 bits per heavy atom. The Labute approximate surface area is 138 Å². The highest BCUT2D eigenvalue weighted by Gasteiger charge is 2.57. The second-order valence-electron chi connectivity index (χ2n) is 6.87. The molecule has 1 aromatic rings. The zero-order chi connectivity index (χ0) is 16.7. The Bertz CT molecular complexity index is 714. The van der Waals surface area contributed by atoms with Gasteiger partial charge in [0.15, 0.2) is 0 Å². The SMILES string of the molecule is CN(C)S(=O)(=O)CCC(=O)NC[C@@H]1C[C@@]12CCc1ccccc12. The molecule has 6 heteroatoms. The zero-order valence-electron chi connectivity index (χ0n) is 13.7. The number of benzene rings is 1. The van der Waals surface area contributed by atoms with Crippen LogP contribution in [0.3, 0.4) is 0 Å². The molecular weight excluding hydrogens is 312 g/mol. The first kappa shape index (κ1) is 16.5. The van der Waals surface area contributed by atoms with E-state index in [4.69, 9.17) is 0 Å². The number of aryl methyl sites for hydroxylation is 1. The van der Waals surface area contributed by atoms with E-state index in [9.17, 15) is 13.2 Å². The third-order valence-electron chi connectivity index (χ3n) is 5.32. The second kappa shape index (κ2) is 5.91. The van der Waals surface area contributed by atoms with Crippen molar-refractivity contribution < 1.29 is 13.2 Å². The lowest BCUT2D eigenvalue weighted by atomic mass is 9.95. The molecule has 3 rings (SSSR count). The first-order valence-electron chi connectivity index (χ1n) is 8.10. The van der Waals surface area contributed by atoms with E-state index >= 15 is 0 Å². The highest BCUT2D eigenvalue weighted by Crippen LogP contribution is 2.61. The Balaban J connectivity index is 1.49. The lowest BCUT2D eigenvalue weighted by Crippen LogP contribution is -2.32. The Hall–Kier alpha value is -1.40. The first-order valence-corrected chi connectivity index (χ1v) is 9.71. The number of sulfonamides is 1. The molecule has 0 heterocycles. The van der Waals surface area contributed by atoms with Crippen LogP contribution in [0.4, 0.5) is 0 Å². The lowest BCUT2D eigenvalue weighted by molar-refractivity contribution is -0.120. The van der Waals surface area contributed by atoms with Crippen LogP contribution in [0.2, 0.25) is 0 Å². The minimum atomic E-state index is -3.31. The van der Waals surface area contributed by atoms with E-state index in [-0.39, 0.29) is 23.5 Å². The van der Waals surface area contributed by atoms with Crippen molar-refractivity contribution in [3.8, 4) is 0 Å². The van der Waals surface area contributed by atoms with Gasteiger partial charge < -0.3 is 5.32 Å². The normalized spacial score (nSPS) is 25.6. The van der Waals surface area contributed by atoms with Gasteiger partial charge in [-0.15, -0.1) is 0 Å². The standard InChI is InChI=1S/C17H24N2O3S/c1-19(2)23(21,22)10-8-16(20)18-12-14-11-17(14)9-7-13-5-3-4-6-15(13)17/h3-6,14H,7-12H2,1-2H3,(H,18,20)/t14-,17-/m0/s1. The van der Waals surface area contributed by atoms with Crippen LogP contribution in [-0.4, -0.2) is 45.0 Å². The summed E-state index contributed by atoms with van der Waals surface area (Å²) in [5.74, 6) is 0.175. The van der Waals surface area contributed by atoms with E-state index in [2.05, 4.69) is 29.6 Å². The molecule has 1 fully saturated rings. The Morgan fingerprint density at radius 1 is 1.35 bits per heavy atom. The summed E-state index contributed by atoms with van der Waals surface area (Å²) in [6, 6.07) is 8.59. The monoisotopic (exact) mass is 336 g/mol. The van der Waals surface area contributed by atoms with Crippen molar-refractivity contribution in [2.75, 3.05) is 26.4 Å². The highest BCUT2D eigenvalue weighted by molar-refractivity contribution is 7.89. The summed E-state index contributed by atoms with van der Waals surface area (Å²) in [6.07, 6.45) is 3.45. The Kier molecular flexibility index (Phi) is 4.23. The Morgan fingerprint density at radius 2 is 2.09 bits per heavy atom. The molecule has 2 aliphatic carbocycles. The molecule has 0 unspecified atom stereocenters. The van der Waals surface area contributed by atoms with Crippen molar-refractivity contribution in [1.29, 1.82) is 0 Å². The largest absolute Gasteiger partial charge is 0.356 e. The van der Waals surface area contributed by atoms with Gasteiger partial charge in [-0.2, -0.15) is 0 Å². The number of nitrogens with zero attached hydrogens (tertiary/aromatic N) is 1. The van der Waals surface area contributed by atoms with Gasteiger partial charge in [0.25, 0.3) is 0 Å². The summed E-state index contributed by atoms with van der Waals surface area (Å²) in [4.78, 5) is 11.9. The van der Waals surface area contributed by atoms with Crippen LogP contribution in [0.25, 0.3) is 0 Å². The predicted molar refractivity (Wildman–Crippen MR) is 89.6 cm³/mol. The highest BCUT2D eigenvalue weighted by atomic mass is 32.2. The van der Waals surface area contributed by atoms with Gasteiger partial charge in [-0.3, -0.25) is 4.79 Å². The van der Waals surface area contributed by atoms with E-state index < -0.39 is 10.0 Å². The van der Waals surface area contributed by atoms with Crippen LogP contribution in [0, 0.1) is 5.92 Å². The summed E-state index contributed by atoms with van der Waals surface area (Å²) in [5, 5.41) is 2.92. The van der Waals surface area contributed by atoms with Gasteiger partial charge in [0.2, 0.25) is 15.9 Å². The summed E-state index contributed by atoms with van der Waals surface area (Å²) in [5.41, 5.74) is 3.16. The van der Waals surface area contributed by atoms with Crippen LogP contribution in [0.5, 0.6) is 0 Å². The van der Waals surface area contributed by atoms with Crippen LogP contribution in [0.15, 0.2) is 24.3 Å². The van der Waals surface area contributed by atoms with E-state index in [0.29, 0.717) is 12.5 Å². The molecule has 2 atom stereocenters. The predicted octanol–water partition coefficient (Wildman–Crippen LogP) is 1.29. The number of carbonyl (C=O) groups is 1.